The summed E-state index contributed by atoms with van der Waals surface area (Å²) in [5.41, 5.74) is 6.04. The Balaban J connectivity index is 1.27. The van der Waals surface area contributed by atoms with Gasteiger partial charge in [-0.15, -0.1) is 0 Å². The Labute approximate surface area is 310 Å². The fraction of sp³-hybridized carbons (Fsp3) is 0.267. The van der Waals surface area contributed by atoms with Gasteiger partial charge < -0.3 is 19.7 Å². The highest BCUT2D eigenvalue weighted by Gasteiger charge is 2.41. The molecule has 0 unspecified atom stereocenters. The quantitative estimate of drug-likeness (QED) is 0.168. The number of ether oxygens (including phenoxy) is 2. The topological polar surface area (TPSA) is 85.7 Å². The minimum Gasteiger partial charge on any atom is -0.493 e. The zero-order chi connectivity index (χ0) is 36.6. The molecule has 0 radical (unpaired) electrons. The summed E-state index contributed by atoms with van der Waals surface area (Å²) in [6.07, 6.45) is 2.04. The van der Waals surface area contributed by atoms with Crippen LogP contribution in [0.3, 0.4) is 0 Å². The molecule has 1 fully saturated rings. The van der Waals surface area contributed by atoms with Crippen LogP contribution in [0.2, 0.25) is 0 Å². The van der Waals surface area contributed by atoms with Crippen molar-refractivity contribution in [2.24, 2.45) is 0 Å². The van der Waals surface area contributed by atoms with Gasteiger partial charge in [0.2, 0.25) is 0 Å². The number of carbonyl (C=O) groups is 2. The van der Waals surface area contributed by atoms with Crippen molar-refractivity contribution in [3.8, 4) is 17.0 Å². The van der Waals surface area contributed by atoms with Gasteiger partial charge in [-0.3, -0.25) is 4.79 Å². The third kappa shape index (κ3) is 6.54. The van der Waals surface area contributed by atoms with Crippen molar-refractivity contribution in [2.45, 2.75) is 57.2 Å². The zero-order valence-electron chi connectivity index (χ0n) is 30.4. The molecule has 1 saturated heterocycles. The molecule has 2 aliphatic heterocycles. The lowest BCUT2D eigenvalue weighted by Crippen LogP contribution is -2.50. The standard InChI is InChI=1S/C45H44N4O4/c1-44(2,3)53-43(51)48-26-13-20-37(30-48)46-42(50)33-21-23-39-38(29-33)41(32-22-24-40-31(28-32)25-27-52-40)47-49(39)45(34-14-7-4-8-15-34,35-16-9-5-10-17-35)36-18-11-6-12-19-36/h4-12,14-19,21-24,28-29,37H,13,20,25-27,30H2,1-3H3,(H,46,50)/t37-/m1/s1. The molecule has 1 atom stereocenters. The first kappa shape index (κ1) is 34.2. The molecule has 3 heterocycles. The molecule has 8 heteroatoms. The lowest BCUT2D eigenvalue weighted by molar-refractivity contribution is 0.0185. The molecule has 53 heavy (non-hydrogen) atoms. The first-order valence-corrected chi connectivity index (χ1v) is 18.5. The van der Waals surface area contributed by atoms with E-state index in [2.05, 4.69) is 94.9 Å². The monoisotopic (exact) mass is 704 g/mol. The summed E-state index contributed by atoms with van der Waals surface area (Å²) >= 11 is 0. The Bertz CT molecular complexity index is 2160. The first-order valence-electron chi connectivity index (χ1n) is 18.5. The van der Waals surface area contributed by atoms with Crippen LogP contribution in [0, 0.1) is 0 Å². The fourth-order valence-electron chi connectivity index (χ4n) is 7.82. The largest absolute Gasteiger partial charge is 0.493 e. The fourth-order valence-corrected chi connectivity index (χ4v) is 7.82. The van der Waals surface area contributed by atoms with Crippen molar-refractivity contribution in [3.05, 3.63) is 155 Å². The molecular formula is C45H44N4O4. The van der Waals surface area contributed by atoms with Crippen LogP contribution >= 0.6 is 0 Å². The van der Waals surface area contributed by atoms with Crippen molar-refractivity contribution < 1.29 is 19.1 Å². The van der Waals surface area contributed by atoms with Crippen molar-refractivity contribution in [1.29, 1.82) is 0 Å². The van der Waals surface area contributed by atoms with Crippen molar-refractivity contribution in [3.63, 3.8) is 0 Å². The summed E-state index contributed by atoms with van der Waals surface area (Å²) < 4.78 is 13.6. The number of nitrogens with one attached hydrogen (secondary N) is 1. The van der Waals surface area contributed by atoms with E-state index in [1.807, 2.05) is 63.2 Å². The average Bonchev–Trinajstić information content (AvgIpc) is 3.81. The van der Waals surface area contributed by atoms with E-state index in [-0.39, 0.29) is 18.0 Å². The number of hydrogen-bond donors (Lipinski definition) is 1. The Morgan fingerprint density at radius 3 is 2.08 bits per heavy atom. The van der Waals surface area contributed by atoms with Gasteiger partial charge in [0.05, 0.1) is 12.1 Å². The maximum absolute atomic E-state index is 14.0. The maximum atomic E-state index is 14.0. The Hall–Kier alpha value is -5.89. The summed E-state index contributed by atoms with van der Waals surface area (Å²) in [6, 6.07) is 43.4. The van der Waals surface area contributed by atoms with Crippen molar-refractivity contribution in [1.82, 2.24) is 20.0 Å². The molecule has 268 valence electrons. The molecule has 0 spiro atoms. The van der Waals surface area contributed by atoms with Gasteiger partial charge in [-0.1, -0.05) is 91.0 Å². The number of aromatic nitrogens is 2. The highest BCUT2D eigenvalue weighted by molar-refractivity contribution is 6.02. The number of piperidine rings is 1. The van der Waals surface area contributed by atoms with Crippen molar-refractivity contribution >= 4 is 22.9 Å². The summed E-state index contributed by atoms with van der Waals surface area (Å²) in [6.45, 7) is 7.25. The number of benzene rings is 5. The molecule has 8 nitrogen and oxygen atoms in total. The third-order valence-electron chi connectivity index (χ3n) is 10.2. The van der Waals surface area contributed by atoms with E-state index in [0.717, 1.165) is 69.4 Å². The lowest BCUT2D eigenvalue weighted by Gasteiger charge is -2.37. The molecule has 0 saturated carbocycles. The Morgan fingerprint density at radius 2 is 1.45 bits per heavy atom. The SMILES string of the molecule is CC(C)(C)OC(=O)N1CCC[C@@H](NC(=O)c2ccc3c(c2)c(-c2ccc4c(c2)CCO4)nn3C(c2ccccc2)(c2ccccc2)c2ccccc2)C1. The number of amides is 2. The average molecular weight is 705 g/mol. The molecule has 6 aromatic rings. The molecule has 2 amide bonds. The number of hydrogen-bond acceptors (Lipinski definition) is 5. The van der Waals surface area contributed by atoms with E-state index in [4.69, 9.17) is 14.6 Å². The van der Waals surface area contributed by atoms with Crippen LogP contribution in [0.25, 0.3) is 22.2 Å². The second-order valence-electron chi connectivity index (χ2n) is 15.0. The van der Waals surface area contributed by atoms with E-state index in [1.165, 1.54) is 0 Å². The third-order valence-corrected chi connectivity index (χ3v) is 10.2. The van der Waals surface area contributed by atoms with Crippen LogP contribution in [0.15, 0.2) is 127 Å². The normalized spacial score (nSPS) is 15.8. The van der Waals surface area contributed by atoms with Crippen LogP contribution in [-0.2, 0) is 16.7 Å². The van der Waals surface area contributed by atoms with Gasteiger partial charge >= 0.3 is 6.09 Å². The van der Waals surface area contributed by atoms with Gasteiger partial charge in [-0.2, -0.15) is 5.10 Å². The number of carbonyl (C=O) groups excluding carboxylic acids is 2. The van der Waals surface area contributed by atoms with Crippen LogP contribution in [0.5, 0.6) is 5.75 Å². The second-order valence-corrected chi connectivity index (χ2v) is 15.0. The molecule has 8 rings (SSSR count). The molecule has 0 aliphatic carbocycles. The maximum Gasteiger partial charge on any atom is 0.410 e. The van der Waals surface area contributed by atoms with Crippen LogP contribution < -0.4 is 10.1 Å². The number of rotatable bonds is 7. The van der Waals surface area contributed by atoms with Crippen molar-refractivity contribution in [2.75, 3.05) is 19.7 Å². The summed E-state index contributed by atoms with van der Waals surface area (Å²) in [5.74, 6) is 0.710. The molecule has 2 aliphatic rings. The smallest absolute Gasteiger partial charge is 0.410 e. The van der Waals surface area contributed by atoms with Gasteiger partial charge in [0, 0.05) is 42.1 Å². The van der Waals surface area contributed by atoms with E-state index >= 15 is 0 Å². The molecule has 5 aromatic carbocycles. The van der Waals surface area contributed by atoms with E-state index in [1.54, 1.807) is 4.90 Å². The molecule has 1 aromatic heterocycles. The van der Waals surface area contributed by atoms with Crippen LogP contribution in [0.1, 0.15) is 66.2 Å². The number of nitrogens with zero attached hydrogens (tertiary/aromatic N) is 3. The second kappa shape index (κ2) is 13.9. The summed E-state index contributed by atoms with van der Waals surface area (Å²) in [7, 11) is 0. The minimum absolute atomic E-state index is 0.190. The minimum atomic E-state index is -0.850. The molecule has 1 N–H and O–H groups in total. The number of likely N-dealkylation sites (tertiary alicyclic amines) is 1. The highest BCUT2D eigenvalue weighted by atomic mass is 16.6. The van der Waals surface area contributed by atoms with Crippen LogP contribution in [0.4, 0.5) is 4.79 Å². The lowest BCUT2D eigenvalue weighted by atomic mass is 9.77. The number of fused-ring (bicyclic) bond motifs is 2. The van der Waals surface area contributed by atoms with E-state index in [9.17, 15) is 9.59 Å². The first-order chi connectivity index (χ1) is 25.7. The van der Waals surface area contributed by atoms with Gasteiger partial charge in [0.15, 0.2) is 0 Å². The molecular weight excluding hydrogens is 661 g/mol. The predicted octanol–water partition coefficient (Wildman–Crippen LogP) is 8.61. The summed E-state index contributed by atoms with van der Waals surface area (Å²) in [5, 5.41) is 9.63. The van der Waals surface area contributed by atoms with E-state index < -0.39 is 11.1 Å². The highest BCUT2D eigenvalue weighted by Crippen LogP contribution is 2.44. The predicted molar refractivity (Wildman–Crippen MR) is 207 cm³/mol. The zero-order valence-corrected chi connectivity index (χ0v) is 30.4. The van der Waals surface area contributed by atoms with E-state index in [0.29, 0.717) is 25.3 Å². The van der Waals surface area contributed by atoms with Gasteiger partial charge in [0.25, 0.3) is 5.91 Å². The Kier molecular flexibility index (Phi) is 8.98. The molecule has 0 bridgehead atoms. The summed E-state index contributed by atoms with van der Waals surface area (Å²) in [4.78, 5) is 28.6. The van der Waals surface area contributed by atoms with Gasteiger partial charge in [0.1, 0.15) is 22.6 Å². The Morgan fingerprint density at radius 1 is 0.811 bits per heavy atom. The van der Waals surface area contributed by atoms with Gasteiger partial charge in [-0.05, 0) is 92.3 Å². The van der Waals surface area contributed by atoms with Crippen LogP contribution in [-0.4, -0.2) is 58.0 Å². The van der Waals surface area contributed by atoms with Gasteiger partial charge in [-0.25, -0.2) is 9.48 Å².